The third-order valence-corrected chi connectivity index (χ3v) is 4.69. The maximum absolute atomic E-state index is 12.4. The average Bonchev–Trinajstić information content (AvgIpc) is 3.02. The Labute approximate surface area is 147 Å². The normalized spacial score (nSPS) is 10.4. The van der Waals surface area contributed by atoms with Crippen molar-refractivity contribution in [2.45, 2.75) is 13.5 Å². The number of para-hydroxylation sites is 1. The zero-order valence-corrected chi connectivity index (χ0v) is 14.1. The molecule has 0 radical (unpaired) electrons. The lowest BCUT2D eigenvalue weighted by Gasteiger charge is -2.05. The summed E-state index contributed by atoms with van der Waals surface area (Å²) in [6.45, 7) is 1.83. The molecule has 0 spiro atoms. The quantitative estimate of drug-likeness (QED) is 0.560. The van der Waals surface area contributed by atoms with E-state index in [1.54, 1.807) is 31.3 Å². The number of pyridine rings is 1. The van der Waals surface area contributed by atoms with Gasteiger partial charge in [0.15, 0.2) is 0 Å². The van der Waals surface area contributed by atoms with Gasteiger partial charge in [-0.3, -0.25) is 19.9 Å². The zero-order valence-electron chi connectivity index (χ0n) is 13.3. The van der Waals surface area contributed by atoms with E-state index in [9.17, 15) is 14.9 Å². The van der Waals surface area contributed by atoms with Crippen molar-refractivity contribution >= 4 is 22.9 Å². The molecule has 0 aliphatic carbocycles. The number of carbonyl (C=O) groups excluding carboxylic acids is 1. The van der Waals surface area contributed by atoms with Gasteiger partial charge in [-0.25, -0.2) is 4.98 Å². The summed E-state index contributed by atoms with van der Waals surface area (Å²) in [4.78, 5) is 32.1. The lowest BCUT2D eigenvalue weighted by Crippen LogP contribution is -2.23. The van der Waals surface area contributed by atoms with E-state index in [4.69, 9.17) is 0 Å². The summed E-state index contributed by atoms with van der Waals surface area (Å²) in [5.74, 6) is -0.310. The first kappa shape index (κ1) is 16.7. The second-order valence-corrected chi connectivity index (χ2v) is 6.22. The lowest BCUT2D eigenvalue weighted by molar-refractivity contribution is -0.385. The minimum atomic E-state index is -0.460. The molecular formula is C17H14N4O3S. The maximum Gasteiger partial charge on any atom is 0.274 e. The van der Waals surface area contributed by atoms with Crippen LogP contribution in [0.25, 0.3) is 10.7 Å². The van der Waals surface area contributed by atoms with Crippen molar-refractivity contribution < 1.29 is 9.72 Å². The molecular weight excluding hydrogens is 340 g/mol. The third kappa shape index (κ3) is 3.69. The average molecular weight is 354 g/mol. The van der Waals surface area contributed by atoms with Gasteiger partial charge >= 0.3 is 0 Å². The number of nitrogens with one attached hydrogen (secondary N) is 1. The summed E-state index contributed by atoms with van der Waals surface area (Å²) >= 11 is 1.25. The van der Waals surface area contributed by atoms with Crippen molar-refractivity contribution in [1.82, 2.24) is 15.3 Å². The van der Waals surface area contributed by atoms with E-state index in [0.717, 1.165) is 0 Å². The fourth-order valence-corrected chi connectivity index (χ4v) is 3.26. The number of thiazole rings is 1. The molecule has 0 saturated carbocycles. The molecule has 0 bridgehead atoms. The van der Waals surface area contributed by atoms with Crippen molar-refractivity contribution in [1.29, 1.82) is 0 Å². The molecule has 7 nitrogen and oxygen atoms in total. The molecule has 0 aliphatic heterocycles. The molecule has 3 aromatic rings. The van der Waals surface area contributed by atoms with Crippen LogP contribution in [0.2, 0.25) is 0 Å². The second kappa shape index (κ2) is 7.18. The Morgan fingerprint density at radius 2 is 2.00 bits per heavy atom. The molecule has 3 rings (SSSR count). The molecule has 0 saturated heterocycles. The van der Waals surface area contributed by atoms with Crippen molar-refractivity contribution in [3.8, 4) is 10.7 Å². The minimum Gasteiger partial charge on any atom is -0.347 e. The smallest absolute Gasteiger partial charge is 0.274 e. The van der Waals surface area contributed by atoms with Crippen molar-refractivity contribution in [3.05, 3.63) is 74.9 Å². The minimum absolute atomic E-state index is 0.0157. The van der Waals surface area contributed by atoms with Gasteiger partial charge in [-0.05, 0) is 19.1 Å². The van der Waals surface area contributed by atoms with Crippen molar-refractivity contribution in [3.63, 3.8) is 0 Å². The van der Waals surface area contributed by atoms with Gasteiger partial charge in [-0.1, -0.05) is 24.3 Å². The number of amides is 1. The lowest BCUT2D eigenvalue weighted by atomic mass is 10.2. The molecule has 0 fully saturated rings. The number of hydrogen-bond acceptors (Lipinski definition) is 6. The molecule has 0 aliphatic rings. The van der Waals surface area contributed by atoms with E-state index in [-0.39, 0.29) is 18.1 Å². The molecule has 126 valence electrons. The van der Waals surface area contributed by atoms with Gasteiger partial charge in [0, 0.05) is 24.4 Å². The van der Waals surface area contributed by atoms with E-state index < -0.39 is 4.92 Å². The molecule has 8 heteroatoms. The van der Waals surface area contributed by atoms with Crippen LogP contribution in [0.5, 0.6) is 0 Å². The SMILES string of the molecule is Cc1nc(-c2ccccn2)sc1C(=O)NCc1ccccc1[N+](=O)[O-]. The van der Waals surface area contributed by atoms with Gasteiger partial charge < -0.3 is 5.32 Å². The predicted octanol–water partition coefficient (Wildman–Crippen LogP) is 3.35. The van der Waals surface area contributed by atoms with Crippen LogP contribution in [0.4, 0.5) is 5.69 Å². The first-order valence-electron chi connectivity index (χ1n) is 7.45. The molecule has 1 amide bonds. The summed E-state index contributed by atoms with van der Waals surface area (Å²) in [5.41, 5.74) is 1.74. The molecule has 2 heterocycles. The van der Waals surface area contributed by atoms with Crippen molar-refractivity contribution in [2.75, 3.05) is 0 Å². The van der Waals surface area contributed by atoms with Crippen molar-refractivity contribution in [2.24, 2.45) is 0 Å². The molecule has 0 atom stereocenters. The Bertz CT molecular complexity index is 925. The van der Waals surface area contributed by atoms with E-state index in [1.807, 2.05) is 18.2 Å². The molecule has 1 aromatic carbocycles. The Morgan fingerprint density at radius 3 is 2.72 bits per heavy atom. The summed E-state index contributed by atoms with van der Waals surface area (Å²) in [7, 11) is 0. The Morgan fingerprint density at radius 1 is 1.24 bits per heavy atom. The van der Waals surface area contributed by atoms with E-state index >= 15 is 0 Å². The largest absolute Gasteiger partial charge is 0.347 e. The first-order valence-corrected chi connectivity index (χ1v) is 8.27. The highest BCUT2D eigenvalue weighted by Crippen LogP contribution is 2.26. The standard InChI is InChI=1S/C17H14N4O3S/c1-11-15(25-17(20-11)13-7-4-5-9-18-13)16(22)19-10-12-6-2-3-8-14(12)21(23)24/h2-9H,10H2,1H3,(H,19,22). The van der Waals surface area contributed by atoms with Crippen LogP contribution < -0.4 is 5.32 Å². The van der Waals surface area contributed by atoms with Gasteiger partial charge in [0.1, 0.15) is 9.88 Å². The van der Waals surface area contributed by atoms with Gasteiger partial charge in [-0.2, -0.15) is 0 Å². The second-order valence-electron chi connectivity index (χ2n) is 5.22. The zero-order chi connectivity index (χ0) is 17.8. The fourth-order valence-electron chi connectivity index (χ4n) is 2.30. The number of carbonyl (C=O) groups is 1. The van der Waals surface area contributed by atoms with E-state index in [2.05, 4.69) is 15.3 Å². The van der Waals surface area contributed by atoms with Crippen LogP contribution in [0, 0.1) is 17.0 Å². The van der Waals surface area contributed by atoms with Crippen LogP contribution in [0.1, 0.15) is 20.9 Å². The van der Waals surface area contributed by atoms with Gasteiger partial charge in [0.05, 0.1) is 16.3 Å². The number of aromatic nitrogens is 2. The summed E-state index contributed by atoms with van der Waals surface area (Å²) < 4.78 is 0. The maximum atomic E-state index is 12.4. The number of nitro groups is 1. The monoisotopic (exact) mass is 354 g/mol. The van der Waals surface area contributed by atoms with Crippen LogP contribution in [0.15, 0.2) is 48.7 Å². The highest BCUT2D eigenvalue weighted by Gasteiger charge is 2.18. The number of rotatable bonds is 5. The predicted molar refractivity (Wildman–Crippen MR) is 94.3 cm³/mol. The first-order chi connectivity index (χ1) is 12.1. The van der Waals surface area contributed by atoms with Gasteiger partial charge in [0.2, 0.25) is 0 Å². The number of benzene rings is 1. The van der Waals surface area contributed by atoms with Crippen LogP contribution in [0.3, 0.4) is 0 Å². The molecule has 25 heavy (non-hydrogen) atoms. The topological polar surface area (TPSA) is 98.0 Å². The summed E-state index contributed by atoms with van der Waals surface area (Å²) in [5, 5.41) is 14.4. The Hall–Kier alpha value is -3.13. The number of nitrogens with zero attached hydrogens (tertiary/aromatic N) is 3. The Balaban J connectivity index is 1.77. The molecule has 2 aromatic heterocycles. The van der Waals surface area contributed by atoms with Gasteiger partial charge in [0.25, 0.3) is 11.6 Å². The van der Waals surface area contributed by atoms with Crippen LogP contribution in [-0.2, 0) is 6.54 Å². The van der Waals surface area contributed by atoms with Gasteiger partial charge in [-0.15, -0.1) is 11.3 Å². The highest BCUT2D eigenvalue weighted by molar-refractivity contribution is 7.17. The number of nitro benzene ring substituents is 1. The number of hydrogen-bond donors (Lipinski definition) is 1. The third-order valence-electron chi connectivity index (χ3n) is 3.51. The van der Waals surface area contributed by atoms with Crippen LogP contribution in [-0.4, -0.2) is 20.8 Å². The number of aryl methyl sites for hydroxylation is 1. The van der Waals surface area contributed by atoms with E-state index in [0.29, 0.717) is 26.8 Å². The van der Waals surface area contributed by atoms with Crippen LogP contribution >= 0.6 is 11.3 Å². The molecule has 1 N–H and O–H groups in total. The highest BCUT2D eigenvalue weighted by atomic mass is 32.1. The fraction of sp³-hybridized carbons (Fsp3) is 0.118. The molecule has 0 unspecified atom stereocenters. The summed E-state index contributed by atoms with van der Waals surface area (Å²) in [6, 6.07) is 11.8. The van der Waals surface area contributed by atoms with E-state index in [1.165, 1.54) is 17.4 Å². The summed E-state index contributed by atoms with van der Waals surface area (Å²) in [6.07, 6.45) is 1.67. The Kier molecular flexibility index (Phi) is 4.80.